The van der Waals surface area contributed by atoms with Crippen molar-refractivity contribution in [3.63, 3.8) is 0 Å². The van der Waals surface area contributed by atoms with E-state index in [4.69, 9.17) is 24.4 Å². The first kappa shape index (κ1) is 16.4. The topological polar surface area (TPSA) is 122 Å². The third-order valence-electron chi connectivity index (χ3n) is 3.63. The van der Waals surface area contributed by atoms with Crippen LogP contribution in [0.2, 0.25) is 0 Å². The highest BCUT2D eigenvalue weighted by Gasteiger charge is 2.14. The Labute approximate surface area is 139 Å². The van der Waals surface area contributed by atoms with Crippen LogP contribution in [0.1, 0.15) is 0 Å². The van der Waals surface area contributed by atoms with Crippen molar-refractivity contribution in [1.82, 2.24) is 0 Å². The number of hydrogen-bond acceptors (Lipinski definition) is 5. The van der Waals surface area contributed by atoms with Crippen molar-refractivity contribution in [3.05, 3.63) is 66.7 Å². The molecule has 6 nitrogen and oxygen atoms in total. The van der Waals surface area contributed by atoms with Crippen molar-refractivity contribution >= 4 is 33.0 Å². The smallest absolute Gasteiger partial charge is 0.221 e. The first-order valence-corrected chi connectivity index (χ1v) is 8.20. The lowest BCUT2D eigenvalue weighted by Gasteiger charge is -2.17. The minimum atomic E-state index is -4.94. The van der Waals surface area contributed by atoms with Crippen LogP contribution in [0, 0.1) is 10.2 Å². The lowest BCUT2D eigenvalue weighted by Crippen LogP contribution is -2.68. The Morgan fingerprint density at radius 2 is 1.33 bits per heavy atom. The summed E-state index contributed by atoms with van der Waals surface area (Å²) in [5.41, 5.74) is 10.5. The Bertz CT molecular complexity index is 1030. The molecule has 122 valence electrons. The zero-order chi connectivity index (χ0) is 17.3. The predicted molar refractivity (Wildman–Crippen MR) is 79.0 cm³/mol. The lowest BCUT2D eigenvalue weighted by molar-refractivity contribution is -2.00. The van der Waals surface area contributed by atoms with Crippen LogP contribution < -0.4 is 28.8 Å². The summed E-state index contributed by atoms with van der Waals surface area (Å²) in [7, 11) is -4.94. The molecule has 0 bridgehead atoms. The number of anilines is 1. The fourth-order valence-electron chi connectivity index (χ4n) is 2.75. The number of aromatic nitrogens is 1. The number of benzene rings is 2. The number of nitrogens with zero attached hydrogens (tertiary/aromatic N) is 1. The van der Waals surface area contributed by atoms with Crippen molar-refractivity contribution < 1.29 is 33.3 Å². The van der Waals surface area contributed by atoms with E-state index in [9.17, 15) is 0 Å². The highest BCUT2D eigenvalue weighted by Crippen LogP contribution is 2.22. The largest absolute Gasteiger partial charge is 0.398 e. The average Bonchev–Trinajstić information content (AvgIpc) is 2.53. The molecule has 0 unspecified atom stereocenters. The number of pyridine rings is 2. The molecule has 0 aliphatic carbocycles. The number of para-hydroxylation sites is 2. The van der Waals surface area contributed by atoms with E-state index in [-0.39, 0.29) is 0 Å². The van der Waals surface area contributed by atoms with E-state index in [0.29, 0.717) is 0 Å². The van der Waals surface area contributed by atoms with Gasteiger partial charge in [0.2, 0.25) is 16.6 Å². The molecule has 0 radical (unpaired) electrons. The first-order chi connectivity index (χ1) is 11.3. The summed E-state index contributed by atoms with van der Waals surface area (Å²) in [5, 5.41) is 2.33. The van der Waals surface area contributed by atoms with Crippen molar-refractivity contribution in [2.75, 3.05) is 5.73 Å². The third kappa shape index (κ3) is 3.38. The van der Waals surface area contributed by atoms with Crippen molar-refractivity contribution in [2.45, 2.75) is 0 Å². The maximum Gasteiger partial charge on any atom is 0.221 e. The van der Waals surface area contributed by atoms with Crippen molar-refractivity contribution in [1.29, 1.82) is 0 Å². The van der Waals surface area contributed by atoms with Gasteiger partial charge in [-0.05, 0) is 18.2 Å². The molecule has 24 heavy (non-hydrogen) atoms. The summed E-state index contributed by atoms with van der Waals surface area (Å²) in [5.74, 6) is 0. The molecular formula is C17H13ClN2O4. The van der Waals surface area contributed by atoms with E-state index in [2.05, 4.69) is 59.0 Å². The van der Waals surface area contributed by atoms with Crippen LogP contribution in [0.3, 0.4) is 0 Å². The molecule has 0 aliphatic rings. The zero-order valence-corrected chi connectivity index (χ0v) is 13.1. The molecule has 2 aromatic heterocycles. The number of fused-ring (bicyclic) bond motifs is 5. The van der Waals surface area contributed by atoms with Crippen molar-refractivity contribution in [3.8, 4) is 0 Å². The number of hydrogen-bond donors (Lipinski definition) is 1. The summed E-state index contributed by atoms with van der Waals surface area (Å²) in [4.78, 5) is 0. The molecule has 0 fully saturated rings. The molecule has 0 spiro atoms. The van der Waals surface area contributed by atoms with Crippen LogP contribution in [0.5, 0.6) is 0 Å². The van der Waals surface area contributed by atoms with Crippen LogP contribution in [0.15, 0.2) is 66.7 Å². The summed E-state index contributed by atoms with van der Waals surface area (Å²) in [6, 6.07) is 23.0. The van der Waals surface area contributed by atoms with E-state index in [1.165, 1.54) is 10.9 Å². The van der Waals surface area contributed by atoms with E-state index >= 15 is 0 Å². The highest BCUT2D eigenvalue weighted by molar-refractivity contribution is 5.91. The first-order valence-electron chi connectivity index (χ1n) is 6.97. The average molecular weight is 345 g/mol. The summed E-state index contributed by atoms with van der Waals surface area (Å²) in [6.07, 6.45) is 0. The Hall–Kier alpha value is -2.48. The van der Waals surface area contributed by atoms with Crippen LogP contribution in [-0.2, 0) is 0 Å². The lowest BCUT2D eigenvalue weighted by atomic mass is 10.1. The quantitative estimate of drug-likeness (QED) is 0.309. The SMILES string of the molecule is Nc1cc2ccc3ccccc3[n+]2c2ccccc12.[O-][Cl+3]([O-])([O-])[O-]. The molecule has 2 heterocycles. The minimum absolute atomic E-state index is 0.825. The van der Waals surface area contributed by atoms with Gasteiger partial charge in [0, 0.05) is 29.7 Å². The maximum absolute atomic E-state index is 8.49. The highest BCUT2D eigenvalue weighted by atomic mass is 35.7. The molecule has 0 saturated heterocycles. The molecule has 0 amide bonds. The fraction of sp³-hybridized carbons (Fsp3) is 0. The zero-order valence-electron chi connectivity index (χ0n) is 12.4. The molecule has 0 saturated carbocycles. The summed E-state index contributed by atoms with van der Waals surface area (Å²) >= 11 is 0. The normalized spacial score (nSPS) is 11.5. The van der Waals surface area contributed by atoms with Gasteiger partial charge in [-0.15, -0.1) is 10.2 Å². The number of halogens is 1. The Morgan fingerprint density at radius 3 is 2.04 bits per heavy atom. The van der Waals surface area contributed by atoms with E-state index in [1.807, 2.05) is 12.1 Å². The molecule has 4 rings (SSSR count). The van der Waals surface area contributed by atoms with Gasteiger partial charge in [0.15, 0.2) is 0 Å². The predicted octanol–water partition coefficient (Wildman–Crippen LogP) is -1.44. The van der Waals surface area contributed by atoms with Crippen molar-refractivity contribution in [2.24, 2.45) is 0 Å². The van der Waals surface area contributed by atoms with E-state index < -0.39 is 10.2 Å². The molecule has 4 aromatic rings. The van der Waals surface area contributed by atoms with Gasteiger partial charge in [0.05, 0.1) is 11.1 Å². The Kier molecular flexibility index (Phi) is 4.23. The number of rotatable bonds is 0. The van der Waals surface area contributed by atoms with Gasteiger partial charge in [0.25, 0.3) is 0 Å². The second-order valence-electron chi connectivity index (χ2n) is 5.15. The van der Waals surface area contributed by atoms with E-state index in [0.717, 1.165) is 22.1 Å². The maximum atomic E-state index is 8.49. The molecule has 0 aliphatic heterocycles. The van der Waals surface area contributed by atoms with Gasteiger partial charge >= 0.3 is 0 Å². The second-order valence-corrected chi connectivity index (χ2v) is 5.90. The fourth-order valence-corrected chi connectivity index (χ4v) is 2.75. The van der Waals surface area contributed by atoms with Gasteiger partial charge in [0.1, 0.15) is 0 Å². The van der Waals surface area contributed by atoms with Crippen LogP contribution in [0.4, 0.5) is 5.69 Å². The third-order valence-corrected chi connectivity index (χ3v) is 3.63. The molecule has 7 heteroatoms. The summed E-state index contributed by atoms with van der Waals surface area (Å²) < 4.78 is 36.2. The summed E-state index contributed by atoms with van der Waals surface area (Å²) in [6.45, 7) is 0. The monoisotopic (exact) mass is 344 g/mol. The molecule has 0 atom stereocenters. The van der Waals surface area contributed by atoms with Gasteiger partial charge in [-0.3, -0.25) is 0 Å². The van der Waals surface area contributed by atoms with Gasteiger partial charge < -0.3 is 5.73 Å². The minimum Gasteiger partial charge on any atom is -0.398 e. The standard InChI is InChI=1S/C17H12N2.ClHO4/c18-15-11-13-10-9-12-5-1-3-7-16(12)19(13)17-8-4-2-6-14(15)17;2-1(3,4)5/h1-11,18H;(H,2,3,4,5). The molecule has 2 aromatic carbocycles. The van der Waals surface area contributed by atoms with Crippen LogP contribution in [0.25, 0.3) is 27.3 Å². The van der Waals surface area contributed by atoms with Crippen LogP contribution >= 0.6 is 0 Å². The Morgan fingerprint density at radius 1 is 0.750 bits per heavy atom. The Balaban J connectivity index is 0.000000300. The second kappa shape index (κ2) is 6.20. The van der Waals surface area contributed by atoms with Gasteiger partial charge in [-0.1, -0.05) is 24.3 Å². The van der Waals surface area contributed by atoms with E-state index in [1.54, 1.807) is 0 Å². The number of nitrogens with two attached hydrogens (primary N) is 1. The van der Waals surface area contributed by atoms with Crippen LogP contribution in [-0.4, -0.2) is 0 Å². The molecule has 2 N–H and O–H groups in total. The molecular weight excluding hydrogens is 332 g/mol. The number of nitrogen functional groups attached to an aromatic ring is 1. The van der Waals surface area contributed by atoms with Gasteiger partial charge in [-0.25, -0.2) is 18.6 Å². The van der Waals surface area contributed by atoms with Gasteiger partial charge in [-0.2, -0.15) is 4.40 Å².